The molecule has 2 aromatic heterocycles. The Morgan fingerprint density at radius 2 is 2.09 bits per heavy atom. The van der Waals surface area contributed by atoms with Crippen molar-refractivity contribution >= 4 is 34.8 Å². The number of rotatable bonds is 6. The van der Waals surface area contributed by atoms with E-state index in [9.17, 15) is 20.1 Å². The molecular formula is C21H23N7O5. The molecule has 0 spiro atoms. The first-order valence-corrected chi connectivity index (χ1v) is 10.4. The Hall–Kier alpha value is -3.45. The number of imidazole rings is 1. The topological polar surface area (TPSA) is 167 Å². The molecule has 4 heterocycles. The van der Waals surface area contributed by atoms with Crippen LogP contribution in [0, 0.1) is 0 Å². The van der Waals surface area contributed by atoms with Gasteiger partial charge in [0.25, 0.3) is 0 Å². The molecule has 2 aliphatic rings. The predicted molar refractivity (Wildman–Crippen MR) is 117 cm³/mol. The number of amides is 1. The molecule has 2 aliphatic heterocycles. The highest BCUT2D eigenvalue weighted by atomic mass is 16.6. The normalized spacial score (nSPS) is 28.2. The van der Waals surface area contributed by atoms with Gasteiger partial charge >= 0.3 is 0 Å². The van der Waals surface area contributed by atoms with Crippen molar-refractivity contribution in [3.8, 4) is 0 Å². The van der Waals surface area contributed by atoms with Gasteiger partial charge in [0.15, 0.2) is 23.2 Å². The van der Waals surface area contributed by atoms with Gasteiger partial charge in [0.2, 0.25) is 5.91 Å². The molecule has 0 saturated carbocycles. The molecule has 1 fully saturated rings. The number of fused-ring (bicyclic) bond motifs is 2. The Labute approximate surface area is 188 Å². The third kappa shape index (κ3) is 3.62. The average Bonchev–Trinajstić information content (AvgIpc) is 3.48. The Balaban J connectivity index is 1.31. The summed E-state index contributed by atoms with van der Waals surface area (Å²) in [5, 5.41) is 30.4. The number of para-hydroxylation sites is 1. The van der Waals surface area contributed by atoms with Gasteiger partial charge in [0.1, 0.15) is 24.1 Å². The van der Waals surface area contributed by atoms with Gasteiger partial charge in [-0.15, -0.1) is 0 Å². The number of carbonyl (C=O) groups is 1. The van der Waals surface area contributed by atoms with Gasteiger partial charge in [-0.3, -0.25) is 25.2 Å². The Bertz CT molecular complexity index is 1230. The van der Waals surface area contributed by atoms with Crippen LogP contribution in [0.3, 0.4) is 0 Å². The fourth-order valence-electron chi connectivity index (χ4n) is 4.22. The number of aliphatic hydroxyl groups excluding tert-OH is 2. The maximum absolute atomic E-state index is 12.5. The molecule has 172 valence electrons. The summed E-state index contributed by atoms with van der Waals surface area (Å²) in [7, 11) is 0. The van der Waals surface area contributed by atoms with Crippen LogP contribution >= 0.6 is 0 Å². The van der Waals surface area contributed by atoms with Crippen molar-refractivity contribution in [1.82, 2.24) is 24.9 Å². The summed E-state index contributed by atoms with van der Waals surface area (Å²) in [6.07, 6.45) is 1.35. The lowest BCUT2D eigenvalue weighted by molar-refractivity contribution is -0.120. The van der Waals surface area contributed by atoms with Gasteiger partial charge in [-0.05, 0) is 18.6 Å². The lowest BCUT2D eigenvalue weighted by atomic mass is 9.96. The first kappa shape index (κ1) is 21.4. The van der Waals surface area contributed by atoms with Gasteiger partial charge < -0.3 is 20.1 Å². The molecule has 5 N–H and O–H groups in total. The fourth-order valence-corrected chi connectivity index (χ4v) is 4.22. The molecule has 1 aromatic carbocycles. The molecule has 5 rings (SSSR count). The van der Waals surface area contributed by atoms with Gasteiger partial charge in [0.05, 0.1) is 18.6 Å². The van der Waals surface area contributed by atoms with Crippen molar-refractivity contribution in [3.05, 3.63) is 42.5 Å². The van der Waals surface area contributed by atoms with Crippen LogP contribution in [0.15, 0.2) is 41.9 Å². The summed E-state index contributed by atoms with van der Waals surface area (Å²) in [6.45, 7) is 0.958. The lowest BCUT2D eigenvalue weighted by Crippen LogP contribution is -2.44. The van der Waals surface area contributed by atoms with Gasteiger partial charge in [-0.2, -0.15) is 0 Å². The van der Waals surface area contributed by atoms with Crippen molar-refractivity contribution in [2.24, 2.45) is 4.99 Å². The van der Waals surface area contributed by atoms with Crippen LogP contribution < -0.4 is 10.9 Å². The first-order chi connectivity index (χ1) is 15.9. The molecule has 0 radical (unpaired) electrons. The Morgan fingerprint density at radius 3 is 2.88 bits per heavy atom. The number of hydrogen-bond acceptors (Lipinski definition) is 10. The molecule has 0 aliphatic carbocycles. The number of anilines is 1. The van der Waals surface area contributed by atoms with E-state index in [1.54, 1.807) is 6.21 Å². The van der Waals surface area contributed by atoms with E-state index < -0.39 is 30.6 Å². The van der Waals surface area contributed by atoms with Crippen LogP contribution in [0.1, 0.15) is 31.1 Å². The van der Waals surface area contributed by atoms with E-state index in [1.165, 1.54) is 24.1 Å². The molecule has 33 heavy (non-hydrogen) atoms. The van der Waals surface area contributed by atoms with Crippen LogP contribution in [0.5, 0.6) is 0 Å². The number of hydrogen-bond donors (Lipinski definition) is 5. The minimum Gasteiger partial charge on any atom is -0.394 e. The second kappa shape index (κ2) is 8.15. The monoisotopic (exact) mass is 453 g/mol. The van der Waals surface area contributed by atoms with Crippen LogP contribution in [0.4, 0.5) is 11.5 Å². The largest absolute Gasteiger partial charge is 0.394 e. The van der Waals surface area contributed by atoms with E-state index in [4.69, 9.17) is 4.74 Å². The van der Waals surface area contributed by atoms with Gasteiger partial charge in [-0.25, -0.2) is 15.0 Å². The molecule has 0 bridgehead atoms. The summed E-state index contributed by atoms with van der Waals surface area (Å²) in [5.74, 6) is -0.116. The van der Waals surface area contributed by atoms with E-state index in [1.807, 2.05) is 24.3 Å². The van der Waals surface area contributed by atoms with E-state index >= 15 is 0 Å². The third-order valence-corrected chi connectivity index (χ3v) is 6.00. The van der Waals surface area contributed by atoms with Crippen molar-refractivity contribution in [2.75, 3.05) is 12.0 Å². The SMILES string of the molecule is C[C@@]1(O)[C@H](O)[C@@H](CO)O[C@H]1n1cnc2c(NNC(=O)CC3C=Nc4ccccc43)ncnc21. The van der Waals surface area contributed by atoms with Crippen molar-refractivity contribution in [1.29, 1.82) is 0 Å². The summed E-state index contributed by atoms with van der Waals surface area (Å²) < 4.78 is 7.09. The number of ether oxygens (including phenoxy) is 1. The molecule has 12 heteroatoms. The standard InChI is InChI=1S/C21H23N7O5/c1-21(32)17(31)14(8-29)33-20(21)28-10-25-16-18(23-9-24-19(16)28)27-26-15(30)6-11-7-22-13-5-3-2-4-12(11)13/h2-5,7,9-11,14,17,20,29,31-32H,6,8H2,1H3,(H,26,30)(H,23,24,27)/t11?,14-,17-,20-,21-/m1/s1. The van der Waals surface area contributed by atoms with Crippen LogP contribution in [0.2, 0.25) is 0 Å². The Morgan fingerprint density at radius 1 is 1.27 bits per heavy atom. The van der Waals surface area contributed by atoms with Crippen molar-refractivity contribution in [3.63, 3.8) is 0 Å². The maximum atomic E-state index is 12.5. The summed E-state index contributed by atoms with van der Waals surface area (Å²) in [4.78, 5) is 29.5. The molecule has 12 nitrogen and oxygen atoms in total. The highest BCUT2D eigenvalue weighted by Crippen LogP contribution is 2.39. The highest BCUT2D eigenvalue weighted by Gasteiger charge is 2.53. The average molecular weight is 453 g/mol. The number of nitrogens with zero attached hydrogens (tertiary/aromatic N) is 5. The summed E-state index contributed by atoms with van der Waals surface area (Å²) in [6, 6.07) is 7.67. The van der Waals surface area contributed by atoms with Crippen LogP contribution in [-0.4, -0.2) is 71.4 Å². The second-order valence-corrected chi connectivity index (χ2v) is 8.25. The zero-order valence-electron chi connectivity index (χ0n) is 17.7. The third-order valence-electron chi connectivity index (χ3n) is 6.00. The summed E-state index contributed by atoms with van der Waals surface area (Å²) >= 11 is 0. The molecule has 3 aromatic rings. The quantitative estimate of drug-likeness (QED) is 0.327. The van der Waals surface area contributed by atoms with Crippen molar-refractivity contribution in [2.45, 2.75) is 43.3 Å². The van der Waals surface area contributed by atoms with Crippen LogP contribution in [-0.2, 0) is 9.53 Å². The second-order valence-electron chi connectivity index (χ2n) is 8.25. The number of benzene rings is 1. The van der Waals surface area contributed by atoms with Crippen molar-refractivity contribution < 1.29 is 24.9 Å². The number of aliphatic imine (C=N–C) groups is 1. The highest BCUT2D eigenvalue weighted by molar-refractivity contribution is 5.89. The predicted octanol–water partition coefficient (Wildman–Crippen LogP) is 0.161. The number of aromatic nitrogens is 4. The number of nitrogens with one attached hydrogen (secondary N) is 2. The summed E-state index contributed by atoms with van der Waals surface area (Å²) in [5.41, 5.74) is 6.22. The zero-order chi connectivity index (χ0) is 23.2. The molecule has 1 saturated heterocycles. The van der Waals surface area contributed by atoms with E-state index in [0.717, 1.165) is 11.3 Å². The smallest absolute Gasteiger partial charge is 0.239 e. The van der Waals surface area contributed by atoms with Gasteiger partial charge in [0, 0.05) is 18.6 Å². The lowest BCUT2D eigenvalue weighted by Gasteiger charge is -2.27. The van der Waals surface area contributed by atoms with Crippen LogP contribution in [0.25, 0.3) is 11.2 Å². The fraction of sp³-hybridized carbons (Fsp3) is 0.381. The number of aliphatic hydroxyl groups is 3. The number of hydrazine groups is 1. The maximum Gasteiger partial charge on any atom is 0.239 e. The van der Waals surface area contributed by atoms with E-state index in [2.05, 4.69) is 30.8 Å². The Kier molecular flexibility index (Phi) is 5.29. The first-order valence-electron chi connectivity index (χ1n) is 10.4. The van der Waals surface area contributed by atoms with E-state index in [0.29, 0.717) is 11.2 Å². The zero-order valence-corrected chi connectivity index (χ0v) is 17.7. The molecule has 1 unspecified atom stereocenters. The van der Waals surface area contributed by atoms with Gasteiger partial charge in [-0.1, -0.05) is 18.2 Å². The molecular weight excluding hydrogens is 430 g/mol. The number of carbonyl (C=O) groups excluding carboxylic acids is 1. The minimum absolute atomic E-state index is 0.111. The molecule has 1 amide bonds. The molecule has 5 atom stereocenters. The minimum atomic E-state index is -1.69. The van der Waals surface area contributed by atoms with E-state index in [-0.39, 0.29) is 24.1 Å².